The number of aliphatic carboxylic acids is 1. The van der Waals surface area contributed by atoms with Gasteiger partial charge in [-0.3, -0.25) is 4.79 Å². The molecule has 1 aliphatic rings. The number of carbonyl (C=O) groups is 1. The van der Waals surface area contributed by atoms with Gasteiger partial charge < -0.3 is 10.0 Å². The van der Waals surface area contributed by atoms with Crippen LogP contribution in [-0.2, 0) is 11.2 Å². The van der Waals surface area contributed by atoms with E-state index in [0.29, 0.717) is 0 Å². The second-order valence-electron chi connectivity index (χ2n) is 6.37. The standard InChI is InChI=1S/C17H25NO2/c1-17(2,16(19)20)11-5-6-12-18-13-7-9-14-8-3-4-10-15(14)18/h3-4,8,10H,5-7,9,11-13H2,1-2H3,(H,19,20). The summed E-state index contributed by atoms with van der Waals surface area (Å²) in [5.41, 5.74) is 2.22. The summed E-state index contributed by atoms with van der Waals surface area (Å²) in [6.07, 6.45) is 5.18. The summed E-state index contributed by atoms with van der Waals surface area (Å²) in [6.45, 7) is 5.78. The predicted octanol–water partition coefficient (Wildman–Crippen LogP) is 3.72. The van der Waals surface area contributed by atoms with Crippen LogP contribution in [0.4, 0.5) is 5.69 Å². The third kappa shape index (κ3) is 3.53. The van der Waals surface area contributed by atoms with Crippen molar-refractivity contribution >= 4 is 11.7 Å². The van der Waals surface area contributed by atoms with E-state index in [1.54, 1.807) is 0 Å². The van der Waals surface area contributed by atoms with E-state index in [4.69, 9.17) is 5.11 Å². The van der Waals surface area contributed by atoms with Crippen LogP contribution in [0.15, 0.2) is 24.3 Å². The topological polar surface area (TPSA) is 40.5 Å². The lowest BCUT2D eigenvalue weighted by Crippen LogP contribution is -2.30. The molecule has 0 unspecified atom stereocenters. The normalized spacial score (nSPS) is 15.0. The van der Waals surface area contributed by atoms with Gasteiger partial charge in [0.05, 0.1) is 5.41 Å². The number of anilines is 1. The van der Waals surface area contributed by atoms with Crippen molar-refractivity contribution in [2.24, 2.45) is 5.41 Å². The Morgan fingerprint density at radius 2 is 2.05 bits per heavy atom. The fourth-order valence-electron chi connectivity index (χ4n) is 2.82. The van der Waals surface area contributed by atoms with Crippen LogP contribution in [0.5, 0.6) is 0 Å². The Hall–Kier alpha value is -1.51. The number of carboxylic acid groups (broad SMARTS) is 1. The lowest BCUT2D eigenvalue weighted by Gasteiger charge is -2.31. The Balaban J connectivity index is 1.83. The van der Waals surface area contributed by atoms with E-state index < -0.39 is 11.4 Å². The van der Waals surface area contributed by atoms with Crippen LogP contribution in [0.2, 0.25) is 0 Å². The van der Waals surface area contributed by atoms with E-state index in [-0.39, 0.29) is 0 Å². The van der Waals surface area contributed by atoms with Gasteiger partial charge in [0.15, 0.2) is 0 Å². The predicted molar refractivity (Wildman–Crippen MR) is 82.2 cm³/mol. The first-order chi connectivity index (χ1) is 9.50. The summed E-state index contributed by atoms with van der Waals surface area (Å²) >= 11 is 0. The van der Waals surface area contributed by atoms with Crippen molar-refractivity contribution < 1.29 is 9.90 Å². The van der Waals surface area contributed by atoms with Crippen molar-refractivity contribution in [3.8, 4) is 0 Å². The SMILES string of the molecule is CC(C)(CCCCN1CCCc2ccccc21)C(=O)O. The molecule has 2 rings (SSSR count). The lowest BCUT2D eigenvalue weighted by atomic mass is 9.87. The number of nitrogens with zero attached hydrogens (tertiary/aromatic N) is 1. The molecule has 1 aromatic rings. The molecule has 0 aliphatic carbocycles. The zero-order valence-electron chi connectivity index (χ0n) is 12.6. The molecule has 0 atom stereocenters. The second kappa shape index (κ2) is 6.29. The van der Waals surface area contributed by atoms with Crippen molar-refractivity contribution in [3.63, 3.8) is 0 Å². The Morgan fingerprint density at radius 1 is 1.30 bits per heavy atom. The molecule has 0 saturated heterocycles. The molecule has 1 aromatic carbocycles. The Labute approximate surface area is 121 Å². The molecule has 1 aliphatic heterocycles. The minimum atomic E-state index is -0.694. The van der Waals surface area contributed by atoms with E-state index in [2.05, 4.69) is 29.2 Å². The maximum Gasteiger partial charge on any atom is 0.309 e. The van der Waals surface area contributed by atoms with Crippen LogP contribution in [0.25, 0.3) is 0 Å². The maximum atomic E-state index is 11.1. The average molecular weight is 275 g/mol. The van der Waals surface area contributed by atoms with Crippen molar-refractivity contribution in [1.82, 2.24) is 0 Å². The van der Waals surface area contributed by atoms with Crippen LogP contribution in [-0.4, -0.2) is 24.2 Å². The highest BCUT2D eigenvalue weighted by molar-refractivity contribution is 5.73. The third-order valence-electron chi connectivity index (χ3n) is 4.27. The van der Waals surface area contributed by atoms with Gasteiger partial charge in [0.1, 0.15) is 0 Å². The van der Waals surface area contributed by atoms with E-state index in [1.165, 1.54) is 24.1 Å². The molecular formula is C17H25NO2. The molecule has 0 aromatic heterocycles. The summed E-state index contributed by atoms with van der Waals surface area (Å²) in [6, 6.07) is 8.63. The molecule has 1 heterocycles. The minimum absolute atomic E-state index is 0.597. The Morgan fingerprint density at radius 3 is 2.80 bits per heavy atom. The highest BCUT2D eigenvalue weighted by Gasteiger charge is 2.26. The molecule has 1 N–H and O–H groups in total. The number of hydrogen-bond acceptors (Lipinski definition) is 2. The van der Waals surface area contributed by atoms with Crippen LogP contribution < -0.4 is 4.90 Å². The number of rotatable bonds is 6. The van der Waals surface area contributed by atoms with Crippen molar-refractivity contribution in [1.29, 1.82) is 0 Å². The number of fused-ring (bicyclic) bond motifs is 1. The average Bonchev–Trinajstić information content (AvgIpc) is 2.43. The van der Waals surface area contributed by atoms with E-state index in [9.17, 15) is 4.79 Å². The van der Waals surface area contributed by atoms with Gasteiger partial charge in [-0.05, 0) is 51.2 Å². The van der Waals surface area contributed by atoms with Crippen molar-refractivity contribution in [3.05, 3.63) is 29.8 Å². The first kappa shape index (κ1) is 14.9. The lowest BCUT2D eigenvalue weighted by molar-refractivity contribution is -0.147. The molecule has 0 fully saturated rings. The summed E-state index contributed by atoms with van der Waals surface area (Å²) in [7, 11) is 0. The first-order valence-electron chi connectivity index (χ1n) is 7.57. The summed E-state index contributed by atoms with van der Waals surface area (Å²) < 4.78 is 0. The van der Waals surface area contributed by atoms with Gasteiger partial charge >= 0.3 is 5.97 Å². The van der Waals surface area contributed by atoms with Gasteiger partial charge in [0.25, 0.3) is 0 Å². The highest BCUT2D eigenvalue weighted by atomic mass is 16.4. The Kier molecular flexibility index (Phi) is 4.69. The zero-order chi connectivity index (χ0) is 14.6. The van der Waals surface area contributed by atoms with Gasteiger partial charge in [0, 0.05) is 18.8 Å². The monoisotopic (exact) mass is 275 g/mol. The number of para-hydroxylation sites is 1. The zero-order valence-corrected chi connectivity index (χ0v) is 12.6. The number of benzene rings is 1. The van der Waals surface area contributed by atoms with Crippen molar-refractivity contribution in [2.45, 2.75) is 46.0 Å². The summed E-state index contributed by atoms with van der Waals surface area (Å²) in [4.78, 5) is 13.5. The second-order valence-corrected chi connectivity index (χ2v) is 6.37. The maximum absolute atomic E-state index is 11.1. The molecule has 3 nitrogen and oxygen atoms in total. The summed E-state index contributed by atoms with van der Waals surface area (Å²) in [5.74, 6) is -0.694. The van der Waals surface area contributed by atoms with Crippen LogP contribution in [0, 0.1) is 5.41 Å². The first-order valence-corrected chi connectivity index (χ1v) is 7.57. The molecule has 0 spiro atoms. The van der Waals surface area contributed by atoms with E-state index >= 15 is 0 Å². The molecule has 3 heteroatoms. The molecule has 0 amide bonds. The molecule has 110 valence electrons. The van der Waals surface area contributed by atoms with E-state index in [1.807, 2.05) is 13.8 Å². The third-order valence-corrected chi connectivity index (χ3v) is 4.27. The quantitative estimate of drug-likeness (QED) is 0.804. The van der Waals surface area contributed by atoms with E-state index in [0.717, 1.165) is 32.4 Å². The largest absolute Gasteiger partial charge is 0.481 e. The molecular weight excluding hydrogens is 250 g/mol. The van der Waals surface area contributed by atoms with Gasteiger partial charge in [-0.1, -0.05) is 24.6 Å². The van der Waals surface area contributed by atoms with Crippen LogP contribution in [0.3, 0.4) is 0 Å². The Bertz CT molecular complexity index is 468. The molecule has 0 bridgehead atoms. The van der Waals surface area contributed by atoms with Crippen molar-refractivity contribution in [2.75, 3.05) is 18.0 Å². The molecule has 0 radical (unpaired) electrons. The molecule has 20 heavy (non-hydrogen) atoms. The van der Waals surface area contributed by atoms with Gasteiger partial charge in [0.2, 0.25) is 0 Å². The van der Waals surface area contributed by atoms with Gasteiger partial charge in [-0.2, -0.15) is 0 Å². The minimum Gasteiger partial charge on any atom is -0.481 e. The fourth-order valence-corrected chi connectivity index (χ4v) is 2.82. The number of hydrogen-bond donors (Lipinski definition) is 1. The number of aryl methyl sites for hydroxylation is 1. The van der Waals surface area contributed by atoms with Gasteiger partial charge in [-0.15, -0.1) is 0 Å². The summed E-state index contributed by atoms with van der Waals surface area (Å²) in [5, 5.41) is 9.11. The van der Waals surface area contributed by atoms with Crippen LogP contribution in [0.1, 0.15) is 45.1 Å². The smallest absolute Gasteiger partial charge is 0.309 e. The number of carboxylic acids is 1. The number of unbranched alkanes of at least 4 members (excludes halogenated alkanes) is 1. The highest BCUT2D eigenvalue weighted by Crippen LogP contribution is 2.28. The molecule has 0 saturated carbocycles. The van der Waals surface area contributed by atoms with Crippen LogP contribution >= 0.6 is 0 Å². The van der Waals surface area contributed by atoms with Gasteiger partial charge in [-0.25, -0.2) is 0 Å². The fraction of sp³-hybridized carbons (Fsp3) is 0.588.